The van der Waals surface area contributed by atoms with Crippen LogP contribution in [0.2, 0.25) is 0 Å². The molecule has 1 aromatic carbocycles. The van der Waals surface area contributed by atoms with Gasteiger partial charge in [-0.15, -0.1) is 10.2 Å². The summed E-state index contributed by atoms with van der Waals surface area (Å²) in [5, 5.41) is 8.43. The summed E-state index contributed by atoms with van der Waals surface area (Å²) in [6.45, 7) is 3.13. The van der Waals surface area contributed by atoms with Crippen molar-refractivity contribution in [2.24, 2.45) is 0 Å². The first kappa shape index (κ1) is 18.0. The molecular weight excluding hydrogens is 356 g/mol. The first-order valence-electron chi connectivity index (χ1n) is 9.22. The SMILES string of the molecule is COc1ccc(Cc2nnc(N3CCN(c4ccccn4)CC3)[nH]c2=O)cc1. The molecule has 2 aromatic heterocycles. The molecule has 0 atom stereocenters. The number of benzene rings is 1. The second-order valence-corrected chi connectivity index (χ2v) is 6.61. The molecule has 8 nitrogen and oxygen atoms in total. The van der Waals surface area contributed by atoms with Crippen LogP contribution < -0.4 is 20.1 Å². The highest BCUT2D eigenvalue weighted by atomic mass is 16.5. The molecule has 0 spiro atoms. The molecule has 1 saturated heterocycles. The number of aromatic amines is 1. The van der Waals surface area contributed by atoms with Crippen molar-refractivity contribution in [2.45, 2.75) is 6.42 Å². The number of anilines is 2. The third-order valence-corrected chi connectivity index (χ3v) is 4.84. The third-order valence-electron chi connectivity index (χ3n) is 4.84. The van der Waals surface area contributed by atoms with E-state index >= 15 is 0 Å². The number of hydrogen-bond acceptors (Lipinski definition) is 7. The van der Waals surface area contributed by atoms with Gasteiger partial charge in [-0.25, -0.2) is 4.98 Å². The molecular formula is C20H22N6O2. The highest BCUT2D eigenvalue weighted by molar-refractivity contribution is 5.41. The van der Waals surface area contributed by atoms with Gasteiger partial charge in [0.25, 0.3) is 5.56 Å². The van der Waals surface area contributed by atoms with Gasteiger partial charge in [0.15, 0.2) is 0 Å². The first-order valence-corrected chi connectivity index (χ1v) is 9.22. The van der Waals surface area contributed by atoms with Gasteiger partial charge < -0.3 is 14.5 Å². The summed E-state index contributed by atoms with van der Waals surface area (Å²) in [7, 11) is 1.63. The Morgan fingerprint density at radius 3 is 2.39 bits per heavy atom. The summed E-state index contributed by atoms with van der Waals surface area (Å²) in [4.78, 5) is 24.0. The van der Waals surface area contributed by atoms with Crippen LogP contribution in [0.3, 0.4) is 0 Å². The average Bonchev–Trinajstić information content (AvgIpc) is 2.76. The number of hydrogen-bond donors (Lipinski definition) is 1. The van der Waals surface area contributed by atoms with E-state index in [0.717, 1.165) is 43.3 Å². The Morgan fingerprint density at radius 1 is 1.00 bits per heavy atom. The predicted molar refractivity (Wildman–Crippen MR) is 107 cm³/mol. The van der Waals surface area contributed by atoms with E-state index in [4.69, 9.17) is 4.74 Å². The fraction of sp³-hybridized carbons (Fsp3) is 0.300. The van der Waals surface area contributed by atoms with Crippen LogP contribution in [0.25, 0.3) is 0 Å². The third kappa shape index (κ3) is 3.95. The lowest BCUT2D eigenvalue weighted by atomic mass is 10.1. The number of H-pyrrole nitrogens is 1. The molecule has 3 heterocycles. The lowest BCUT2D eigenvalue weighted by molar-refractivity contribution is 0.414. The molecule has 4 rings (SSSR count). The standard InChI is InChI=1S/C20H22N6O2/c1-28-16-7-5-15(6-8-16)14-17-19(27)22-20(24-23-17)26-12-10-25(11-13-26)18-4-2-3-9-21-18/h2-9H,10-14H2,1H3,(H,22,24,27). The van der Waals surface area contributed by atoms with Crippen LogP contribution in [0.5, 0.6) is 5.75 Å². The second-order valence-electron chi connectivity index (χ2n) is 6.61. The van der Waals surface area contributed by atoms with Gasteiger partial charge in [-0.05, 0) is 29.8 Å². The predicted octanol–water partition coefficient (Wildman–Crippen LogP) is 1.49. The lowest BCUT2D eigenvalue weighted by Gasteiger charge is -2.35. The van der Waals surface area contributed by atoms with E-state index in [9.17, 15) is 4.79 Å². The van der Waals surface area contributed by atoms with Crippen LogP contribution in [-0.4, -0.2) is 53.5 Å². The summed E-state index contributed by atoms with van der Waals surface area (Å²) < 4.78 is 5.15. The van der Waals surface area contributed by atoms with Crippen LogP contribution in [0.1, 0.15) is 11.3 Å². The number of pyridine rings is 1. The highest BCUT2D eigenvalue weighted by Gasteiger charge is 2.20. The summed E-state index contributed by atoms with van der Waals surface area (Å²) in [6.07, 6.45) is 2.23. The Bertz CT molecular complexity index is 966. The van der Waals surface area contributed by atoms with Crippen LogP contribution in [-0.2, 0) is 6.42 Å². The van der Waals surface area contributed by atoms with Gasteiger partial charge in [0, 0.05) is 38.8 Å². The van der Waals surface area contributed by atoms with Crippen molar-refractivity contribution in [2.75, 3.05) is 43.1 Å². The van der Waals surface area contributed by atoms with E-state index in [2.05, 4.69) is 25.1 Å². The van der Waals surface area contributed by atoms with Crippen molar-refractivity contribution in [1.29, 1.82) is 0 Å². The summed E-state index contributed by atoms with van der Waals surface area (Å²) in [6, 6.07) is 13.5. The molecule has 0 radical (unpaired) electrons. The molecule has 28 heavy (non-hydrogen) atoms. The van der Waals surface area contributed by atoms with Crippen LogP contribution in [0.4, 0.5) is 11.8 Å². The first-order chi connectivity index (χ1) is 13.7. The Labute approximate surface area is 162 Å². The molecule has 0 aliphatic carbocycles. The van der Waals surface area contributed by atoms with Crippen LogP contribution >= 0.6 is 0 Å². The summed E-state index contributed by atoms with van der Waals surface area (Å²) in [5.74, 6) is 2.27. The zero-order valence-electron chi connectivity index (χ0n) is 15.7. The molecule has 1 N–H and O–H groups in total. The Balaban J connectivity index is 1.41. The van der Waals surface area contributed by atoms with Crippen molar-refractivity contribution in [3.8, 4) is 5.75 Å². The van der Waals surface area contributed by atoms with Gasteiger partial charge in [0.05, 0.1) is 7.11 Å². The number of rotatable bonds is 5. The normalized spacial score (nSPS) is 14.2. The number of piperazine rings is 1. The maximum Gasteiger partial charge on any atom is 0.274 e. The van der Waals surface area contributed by atoms with Crippen molar-refractivity contribution < 1.29 is 4.74 Å². The van der Waals surface area contributed by atoms with Crippen molar-refractivity contribution in [3.05, 3.63) is 70.3 Å². The summed E-state index contributed by atoms with van der Waals surface area (Å²) in [5.41, 5.74) is 1.19. The molecule has 3 aromatic rings. The average molecular weight is 378 g/mol. The zero-order chi connectivity index (χ0) is 19.3. The van der Waals surface area contributed by atoms with Crippen molar-refractivity contribution in [3.63, 3.8) is 0 Å². The van der Waals surface area contributed by atoms with E-state index in [1.165, 1.54) is 0 Å². The summed E-state index contributed by atoms with van der Waals surface area (Å²) >= 11 is 0. The molecule has 0 amide bonds. The van der Waals surface area contributed by atoms with Gasteiger partial charge in [0.1, 0.15) is 17.3 Å². The molecule has 8 heteroatoms. The Morgan fingerprint density at radius 2 is 1.75 bits per heavy atom. The Kier molecular flexibility index (Phi) is 5.18. The monoisotopic (exact) mass is 378 g/mol. The minimum atomic E-state index is -0.201. The maximum atomic E-state index is 12.5. The van der Waals surface area contributed by atoms with E-state index in [-0.39, 0.29) is 5.56 Å². The van der Waals surface area contributed by atoms with Crippen molar-refractivity contribution in [1.82, 2.24) is 20.2 Å². The van der Waals surface area contributed by atoms with E-state index < -0.39 is 0 Å². The molecule has 0 saturated carbocycles. The molecule has 0 bridgehead atoms. The minimum absolute atomic E-state index is 0.201. The molecule has 1 fully saturated rings. The molecule has 1 aliphatic rings. The number of nitrogens with one attached hydrogen (secondary N) is 1. The fourth-order valence-corrected chi connectivity index (χ4v) is 3.23. The van der Waals surface area contributed by atoms with E-state index in [1.807, 2.05) is 47.4 Å². The topological polar surface area (TPSA) is 87.2 Å². The fourth-order valence-electron chi connectivity index (χ4n) is 3.23. The highest BCUT2D eigenvalue weighted by Crippen LogP contribution is 2.16. The zero-order valence-corrected chi connectivity index (χ0v) is 15.7. The van der Waals surface area contributed by atoms with Gasteiger partial charge >= 0.3 is 0 Å². The van der Waals surface area contributed by atoms with Gasteiger partial charge in [-0.3, -0.25) is 9.78 Å². The van der Waals surface area contributed by atoms with Crippen LogP contribution in [0, 0.1) is 0 Å². The molecule has 144 valence electrons. The van der Waals surface area contributed by atoms with Crippen LogP contribution in [0.15, 0.2) is 53.5 Å². The lowest BCUT2D eigenvalue weighted by Crippen LogP contribution is -2.48. The smallest absolute Gasteiger partial charge is 0.274 e. The maximum absolute atomic E-state index is 12.5. The largest absolute Gasteiger partial charge is 0.497 e. The van der Waals surface area contributed by atoms with Crippen molar-refractivity contribution >= 4 is 11.8 Å². The molecule has 0 unspecified atom stereocenters. The Hall–Kier alpha value is -3.42. The van der Waals surface area contributed by atoms with E-state index in [0.29, 0.717) is 18.1 Å². The quantitative estimate of drug-likeness (QED) is 0.720. The number of ether oxygens (including phenoxy) is 1. The minimum Gasteiger partial charge on any atom is -0.497 e. The number of methoxy groups -OCH3 is 1. The van der Waals surface area contributed by atoms with E-state index in [1.54, 1.807) is 13.3 Å². The van der Waals surface area contributed by atoms with Gasteiger partial charge in [0.2, 0.25) is 5.95 Å². The second kappa shape index (κ2) is 8.08. The van der Waals surface area contributed by atoms with Gasteiger partial charge in [-0.2, -0.15) is 0 Å². The number of aromatic nitrogens is 4. The number of nitrogens with zero attached hydrogens (tertiary/aromatic N) is 5. The molecule has 1 aliphatic heterocycles. The van der Waals surface area contributed by atoms with Gasteiger partial charge in [-0.1, -0.05) is 18.2 Å².